The Labute approximate surface area is 148 Å². The minimum absolute atomic E-state index is 0.00519. The van der Waals surface area contributed by atoms with Crippen molar-refractivity contribution in [3.05, 3.63) is 48.0 Å². The third kappa shape index (κ3) is 4.47. The second kappa shape index (κ2) is 7.27. The number of carbonyl (C=O) groups excluding carboxylic acids is 1. The summed E-state index contributed by atoms with van der Waals surface area (Å²) in [5.41, 5.74) is -0.840. The largest absolute Gasteiger partial charge is 0.494 e. The number of nitrogens with one attached hydrogen (secondary N) is 1. The van der Waals surface area contributed by atoms with Crippen LogP contribution in [-0.2, 0) is 11.0 Å². The van der Waals surface area contributed by atoms with Crippen LogP contribution in [0.25, 0.3) is 0 Å². The highest BCUT2D eigenvalue weighted by atomic mass is 19.4. The van der Waals surface area contributed by atoms with Crippen LogP contribution in [0.2, 0.25) is 0 Å². The van der Waals surface area contributed by atoms with E-state index in [-0.39, 0.29) is 23.3 Å². The number of alkyl halides is 3. The Morgan fingerprint density at radius 3 is 2.35 bits per heavy atom. The normalized spacial score (nSPS) is 14.0. The lowest BCUT2D eigenvalue weighted by molar-refractivity contribution is -0.137. The van der Waals surface area contributed by atoms with Crippen molar-refractivity contribution in [1.29, 1.82) is 0 Å². The molecule has 0 spiro atoms. The summed E-state index contributed by atoms with van der Waals surface area (Å²) in [7, 11) is 0. The van der Waals surface area contributed by atoms with E-state index >= 15 is 0 Å². The molecule has 3 rings (SSSR count). The van der Waals surface area contributed by atoms with Crippen LogP contribution in [-0.4, -0.2) is 12.5 Å². The first-order valence-corrected chi connectivity index (χ1v) is 8.29. The topological polar surface area (TPSA) is 47.6 Å². The van der Waals surface area contributed by atoms with Gasteiger partial charge in [-0.25, -0.2) is 0 Å². The van der Waals surface area contributed by atoms with Gasteiger partial charge in [-0.05, 0) is 62.2 Å². The van der Waals surface area contributed by atoms with Crippen LogP contribution < -0.4 is 14.8 Å². The van der Waals surface area contributed by atoms with Gasteiger partial charge < -0.3 is 14.8 Å². The highest BCUT2D eigenvalue weighted by molar-refractivity contribution is 5.95. The van der Waals surface area contributed by atoms with Crippen LogP contribution in [0.4, 0.5) is 18.9 Å². The van der Waals surface area contributed by atoms with E-state index in [4.69, 9.17) is 9.47 Å². The van der Waals surface area contributed by atoms with Crippen molar-refractivity contribution < 1.29 is 27.4 Å². The molecule has 0 aliphatic heterocycles. The van der Waals surface area contributed by atoms with E-state index in [9.17, 15) is 18.0 Å². The zero-order valence-corrected chi connectivity index (χ0v) is 14.1. The molecular formula is C19H18F3NO3. The first kappa shape index (κ1) is 18.1. The quantitative estimate of drug-likeness (QED) is 0.761. The molecule has 1 aliphatic carbocycles. The molecule has 0 saturated heterocycles. The second-order valence-corrected chi connectivity index (χ2v) is 5.98. The Bertz CT molecular complexity index is 784. The molecule has 2 aromatic rings. The molecular weight excluding hydrogens is 347 g/mol. The van der Waals surface area contributed by atoms with Crippen LogP contribution in [0.15, 0.2) is 42.5 Å². The maximum absolute atomic E-state index is 13.0. The van der Waals surface area contributed by atoms with Gasteiger partial charge in [-0.2, -0.15) is 13.2 Å². The van der Waals surface area contributed by atoms with Crippen LogP contribution >= 0.6 is 0 Å². The summed E-state index contributed by atoms with van der Waals surface area (Å²) in [4.78, 5) is 12.0. The smallest absolute Gasteiger partial charge is 0.416 e. The summed E-state index contributed by atoms with van der Waals surface area (Å²) in [6.45, 7) is 2.39. The predicted octanol–water partition coefficient (Wildman–Crippen LogP) is 5.24. The molecule has 0 bridgehead atoms. The molecule has 0 heterocycles. The monoisotopic (exact) mass is 365 g/mol. The van der Waals surface area contributed by atoms with Crippen LogP contribution in [0.1, 0.15) is 25.3 Å². The fourth-order valence-corrected chi connectivity index (χ4v) is 2.37. The first-order chi connectivity index (χ1) is 12.4. The van der Waals surface area contributed by atoms with Gasteiger partial charge in [0.25, 0.3) is 0 Å². The van der Waals surface area contributed by atoms with Crippen molar-refractivity contribution in [2.75, 3.05) is 11.9 Å². The van der Waals surface area contributed by atoms with Crippen LogP contribution in [0.3, 0.4) is 0 Å². The van der Waals surface area contributed by atoms with Gasteiger partial charge in [0.2, 0.25) is 5.91 Å². The number of hydrogen-bond donors (Lipinski definition) is 1. The summed E-state index contributed by atoms with van der Waals surface area (Å²) in [6, 6.07) is 9.73. The van der Waals surface area contributed by atoms with Crippen LogP contribution in [0.5, 0.6) is 17.2 Å². The number of anilines is 1. The zero-order valence-electron chi connectivity index (χ0n) is 14.1. The number of rotatable bonds is 6. The third-order valence-corrected chi connectivity index (χ3v) is 3.88. The molecule has 1 amide bonds. The standard InChI is InChI=1S/C19H18F3NO3/c1-2-25-14-6-8-15(9-7-14)26-17-10-5-13(19(20,21)22)11-16(17)23-18(24)12-3-4-12/h5-12H,2-4H2,1H3,(H,23,24). The van der Waals surface area contributed by atoms with E-state index in [1.807, 2.05) is 6.92 Å². The minimum atomic E-state index is -4.50. The Hall–Kier alpha value is -2.70. The number of ether oxygens (including phenoxy) is 2. The predicted molar refractivity (Wildman–Crippen MR) is 90.5 cm³/mol. The number of hydrogen-bond acceptors (Lipinski definition) is 3. The molecule has 1 saturated carbocycles. The summed E-state index contributed by atoms with van der Waals surface area (Å²) >= 11 is 0. The number of halogens is 3. The molecule has 138 valence electrons. The van der Waals surface area contributed by atoms with E-state index in [0.717, 1.165) is 25.0 Å². The van der Waals surface area contributed by atoms with Crippen molar-refractivity contribution in [1.82, 2.24) is 0 Å². The molecule has 1 N–H and O–H groups in total. The fourth-order valence-electron chi connectivity index (χ4n) is 2.37. The molecule has 0 unspecified atom stereocenters. The molecule has 1 fully saturated rings. The van der Waals surface area contributed by atoms with Gasteiger partial charge in [0.05, 0.1) is 17.9 Å². The third-order valence-electron chi connectivity index (χ3n) is 3.88. The Morgan fingerprint density at radius 1 is 1.12 bits per heavy atom. The second-order valence-electron chi connectivity index (χ2n) is 5.98. The maximum atomic E-state index is 13.0. The molecule has 0 aromatic heterocycles. The van der Waals surface area contributed by atoms with E-state index < -0.39 is 11.7 Å². The number of amides is 1. The molecule has 2 aromatic carbocycles. The summed E-state index contributed by atoms with van der Waals surface area (Å²) in [6.07, 6.45) is -3.00. The van der Waals surface area contributed by atoms with Crippen molar-refractivity contribution >= 4 is 11.6 Å². The van der Waals surface area contributed by atoms with Gasteiger partial charge in [-0.1, -0.05) is 0 Å². The minimum Gasteiger partial charge on any atom is -0.494 e. The lowest BCUT2D eigenvalue weighted by Crippen LogP contribution is -2.15. The fraction of sp³-hybridized carbons (Fsp3) is 0.316. The Balaban J connectivity index is 1.85. The average molecular weight is 365 g/mol. The molecule has 7 heteroatoms. The van der Waals surface area contributed by atoms with Gasteiger partial charge in [-0.15, -0.1) is 0 Å². The van der Waals surface area contributed by atoms with Crippen LogP contribution in [0, 0.1) is 5.92 Å². The van der Waals surface area contributed by atoms with Crippen molar-refractivity contribution in [3.8, 4) is 17.2 Å². The maximum Gasteiger partial charge on any atom is 0.416 e. The molecule has 4 nitrogen and oxygen atoms in total. The Kier molecular flexibility index (Phi) is 5.06. The SMILES string of the molecule is CCOc1ccc(Oc2ccc(C(F)(F)F)cc2NC(=O)C2CC2)cc1. The van der Waals surface area contributed by atoms with Crippen molar-refractivity contribution in [2.45, 2.75) is 25.9 Å². The summed E-state index contributed by atoms with van der Waals surface area (Å²) < 4.78 is 50.0. The lowest BCUT2D eigenvalue weighted by Gasteiger charge is -2.15. The first-order valence-electron chi connectivity index (χ1n) is 8.29. The highest BCUT2D eigenvalue weighted by Crippen LogP contribution is 2.38. The molecule has 0 atom stereocenters. The van der Waals surface area contributed by atoms with E-state index in [1.54, 1.807) is 24.3 Å². The average Bonchev–Trinajstić information content (AvgIpc) is 3.42. The van der Waals surface area contributed by atoms with Gasteiger partial charge in [0.1, 0.15) is 11.5 Å². The summed E-state index contributed by atoms with van der Waals surface area (Å²) in [5, 5.41) is 2.55. The van der Waals surface area contributed by atoms with Gasteiger partial charge >= 0.3 is 6.18 Å². The molecule has 26 heavy (non-hydrogen) atoms. The summed E-state index contributed by atoms with van der Waals surface area (Å²) in [5.74, 6) is 0.810. The molecule has 1 aliphatic rings. The number of carbonyl (C=O) groups is 1. The Morgan fingerprint density at radius 2 is 1.77 bits per heavy atom. The number of benzene rings is 2. The van der Waals surface area contributed by atoms with Gasteiger partial charge in [0.15, 0.2) is 5.75 Å². The highest BCUT2D eigenvalue weighted by Gasteiger charge is 2.33. The zero-order chi connectivity index (χ0) is 18.7. The van der Waals surface area contributed by atoms with Crippen molar-refractivity contribution in [2.24, 2.45) is 5.92 Å². The molecule has 0 radical (unpaired) electrons. The van der Waals surface area contributed by atoms with E-state index in [2.05, 4.69) is 5.32 Å². The van der Waals surface area contributed by atoms with Gasteiger partial charge in [0, 0.05) is 5.92 Å². The van der Waals surface area contributed by atoms with E-state index in [0.29, 0.717) is 18.1 Å². The van der Waals surface area contributed by atoms with E-state index in [1.165, 1.54) is 6.07 Å². The lowest BCUT2D eigenvalue weighted by atomic mass is 10.1. The van der Waals surface area contributed by atoms with Crippen molar-refractivity contribution in [3.63, 3.8) is 0 Å². The van der Waals surface area contributed by atoms with Gasteiger partial charge in [-0.3, -0.25) is 4.79 Å².